The zero-order valence-electron chi connectivity index (χ0n) is 11.2. The summed E-state index contributed by atoms with van der Waals surface area (Å²) in [5.41, 5.74) is -0.0700. The largest absolute Gasteiger partial charge is 0.488 e. The number of benzene rings is 1. The summed E-state index contributed by atoms with van der Waals surface area (Å²) in [7, 11) is -3.43. The lowest BCUT2D eigenvalue weighted by Gasteiger charge is -2.26. The van der Waals surface area contributed by atoms with Gasteiger partial charge in [-0.2, -0.15) is 13.7 Å². The first-order valence-corrected chi connectivity index (χ1v) is 7.57. The summed E-state index contributed by atoms with van der Waals surface area (Å²) in [5, 5.41) is 8.80. The first-order valence-electron chi connectivity index (χ1n) is 5.75. The third-order valence-corrected chi connectivity index (χ3v) is 2.95. The van der Waals surface area contributed by atoms with Gasteiger partial charge in [0.25, 0.3) is 10.1 Å². The van der Waals surface area contributed by atoms with E-state index < -0.39 is 15.7 Å². The summed E-state index contributed by atoms with van der Waals surface area (Å²) in [5.74, 6) is 0.573. The maximum atomic E-state index is 10.9. The molecule has 0 aliphatic rings. The molecule has 1 aromatic carbocycles. The molecule has 0 aliphatic carbocycles. The van der Waals surface area contributed by atoms with Crippen LogP contribution >= 0.6 is 0 Å². The van der Waals surface area contributed by atoms with E-state index in [-0.39, 0.29) is 6.61 Å². The number of rotatable bonds is 6. The van der Waals surface area contributed by atoms with E-state index >= 15 is 0 Å². The Balaban J connectivity index is 2.61. The van der Waals surface area contributed by atoms with Crippen LogP contribution in [0.1, 0.15) is 25.8 Å². The molecule has 0 fully saturated rings. The van der Waals surface area contributed by atoms with Crippen molar-refractivity contribution in [3.05, 3.63) is 29.8 Å². The third-order valence-electron chi connectivity index (χ3n) is 2.36. The molecule has 0 atom stereocenters. The zero-order valence-corrected chi connectivity index (χ0v) is 12.0. The van der Waals surface area contributed by atoms with Crippen molar-refractivity contribution in [1.82, 2.24) is 0 Å². The van der Waals surface area contributed by atoms with Crippen LogP contribution in [-0.2, 0) is 14.3 Å². The molecule has 6 heteroatoms. The summed E-state index contributed by atoms with van der Waals surface area (Å²) >= 11 is 0. The van der Waals surface area contributed by atoms with E-state index in [0.29, 0.717) is 17.7 Å². The quantitative estimate of drug-likeness (QED) is 0.747. The molecule has 0 bridgehead atoms. The second kappa shape index (κ2) is 6.04. The SMILES string of the molecule is CC(C)(CCOS(C)(=O)=O)Oc1cccc(C#N)c1. The average molecular weight is 283 g/mol. The number of nitrogens with zero attached hydrogens (tertiary/aromatic N) is 1. The van der Waals surface area contributed by atoms with Crippen molar-refractivity contribution in [2.75, 3.05) is 12.9 Å². The van der Waals surface area contributed by atoms with Gasteiger partial charge in [0.2, 0.25) is 0 Å². The molecule has 0 N–H and O–H groups in total. The summed E-state index contributed by atoms with van der Waals surface area (Å²) < 4.78 is 32.1. The molecule has 0 saturated carbocycles. The average Bonchev–Trinajstić information content (AvgIpc) is 2.26. The number of nitriles is 1. The fourth-order valence-electron chi connectivity index (χ4n) is 1.44. The molecule has 0 aliphatic heterocycles. The van der Waals surface area contributed by atoms with Crippen LogP contribution in [0.4, 0.5) is 0 Å². The van der Waals surface area contributed by atoms with Crippen molar-refractivity contribution in [2.24, 2.45) is 0 Å². The molecule has 1 rings (SSSR count). The van der Waals surface area contributed by atoms with Gasteiger partial charge in [-0.3, -0.25) is 4.18 Å². The van der Waals surface area contributed by atoms with Crippen LogP contribution in [0.5, 0.6) is 5.75 Å². The topological polar surface area (TPSA) is 76.4 Å². The molecule has 1 aromatic rings. The van der Waals surface area contributed by atoms with E-state index in [0.717, 1.165) is 6.26 Å². The lowest BCUT2D eigenvalue weighted by Crippen LogP contribution is -2.30. The molecule has 0 saturated heterocycles. The summed E-state index contributed by atoms with van der Waals surface area (Å²) in [6.07, 6.45) is 1.42. The first-order chi connectivity index (χ1) is 8.72. The van der Waals surface area contributed by atoms with Crippen molar-refractivity contribution in [2.45, 2.75) is 25.9 Å². The first kappa shape index (κ1) is 15.5. The fourth-order valence-corrected chi connectivity index (χ4v) is 1.82. The van der Waals surface area contributed by atoms with Gasteiger partial charge in [0, 0.05) is 6.42 Å². The molecule has 104 valence electrons. The van der Waals surface area contributed by atoms with Gasteiger partial charge < -0.3 is 4.74 Å². The molecule has 19 heavy (non-hydrogen) atoms. The van der Waals surface area contributed by atoms with Gasteiger partial charge in [0.15, 0.2) is 0 Å². The Bertz CT molecular complexity index is 573. The molecule has 0 heterocycles. The van der Waals surface area contributed by atoms with Crippen molar-refractivity contribution >= 4 is 10.1 Å². The predicted molar refractivity (Wildman–Crippen MR) is 71.3 cm³/mol. The van der Waals surface area contributed by atoms with Gasteiger partial charge in [-0.15, -0.1) is 0 Å². The Kier molecular flexibility index (Phi) is 4.92. The third kappa shape index (κ3) is 6.22. The van der Waals surface area contributed by atoms with Gasteiger partial charge in [0.1, 0.15) is 11.4 Å². The molecule has 0 unspecified atom stereocenters. The second-order valence-electron chi connectivity index (χ2n) is 4.78. The highest BCUT2D eigenvalue weighted by Gasteiger charge is 2.20. The van der Waals surface area contributed by atoms with E-state index in [9.17, 15) is 8.42 Å². The van der Waals surface area contributed by atoms with Gasteiger partial charge in [-0.25, -0.2) is 0 Å². The Labute approximate surface area is 113 Å². The van der Waals surface area contributed by atoms with Gasteiger partial charge in [-0.1, -0.05) is 6.07 Å². The number of ether oxygens (including phenoxy) is 1. The minimum Gasteiger partial charge on any atom is -0.488 e. The second-order valence-corrected chi connectivity index (χ2v) is 6.42. The molecule has 0 spiro atoms. The summed E-state index contributed by atoms with van der Waals surface area (Å²) in [6, 6.07) is 8.84. The highest BCUT2D eigenvalue weighted by molar-refractivity contribution is 7.85. The van der Waals surface area contributed by atoms with Crippen molar-refractivity contribution < 1.29 is 17.3 Å². The monoisotopic (exact) mass is 283 g/mol. The normalized spacial score (nSPS) is 11.9. The zero-order chi connectivity index (χ0) is 14.5. The van der Waals surface area contributed by atoms with Crippen LogP contribution < -0.4 is 4.74 Å². The summed E-state index contributed by atoms with van der Waals surface area (Å²) in [4.78, 5) is 0. The van der Waals surface area contributed by atoms with Gasteiger partial charge in [-0.05, 0) is 32.0 Å². The van der Waals surface area contributed by atoms with Crippen LogP contribution in [0.2, 0.25) is 0 Å². The van der Waals surface area contributed by atoms with Crippen LogP contribution in [0.25, 0.3) is 0 Å². The molecular formula is C13H17NO4S. The van der Waals surface area contributed by atoms with E-state index in [4.69, 9.17) is 10.00 Å². The highest BCUT2D eigenvalue weighted by Crippen LogP contribution is 2.22. The Morgan fingerprint density at radius 3 is 2.63 bits per heavy atom. The van der Waals surface area contributed by atoms with Gasteiger partial charge in [0.05, 0.1) is 24.5 Å². The van der Waals surface area contributed by atoms with E-state index in [2.05, 4.69) is 4.18 Å². The smallest absolute Gasteiger partial charge is 0.264 e. The van der Waals surface area contributed by atoms with Crippen molar-refractivity contribution in [3.63, 3.8) is 0 Å². The van der Waals surface area contributed by atoms with Crippen molar-refractivity contribution in [3.8, 4) is 11.8 Å². The maximum absolute atomic E-state index is 10.9. The molecule has 0 aromatic heterocycles. The molecule has 5 nitrogen and oxygen atoms in total. The lowest BCUT2D eigenvalue weighted by atomic mass is 10.1. The number of hydrogen-bond acceptors (Lipinski definition) is 5. The Morgan fingerprint density at radius 2 is 2.05 bits per heavy atom. The number of hydrogen-bond donors (Lipinski definition) is 0. The lowest BCUT2D eigenvalue weighted by molar-refractivity contribution is 0.0824. The Morgan fingerprint density at radius 1 is 1.37 bits per heavy atom. The molecular weight excluding hydrogens is 266 g/mol. The Hall–Kier alpha value is -1.58. The maximum Gasteiger partial charge on any atom is 0.264 e. The van der Waals surface area contributed by atoms with Crippen LogP contribution in [0.15, 0.2) is 24.3 Å². The molecule has 0 amide bonds. The predicted octanol–water partition coefficient (Wildman–Crippen LogP) is 2.08. The summed E-state index contributed by atoms with van der Waals surface area (Å²) in [6.45, 7) is 3.72. The van der Waals surface area contributed by atoms with E-state index in [1.807, 2.05) is 19.9 Å². The fraction of sp³-hybridized carbons (Fsp3) is 0.462. The minimum atomic E-state index is -3.43. The van der Waals surface area contributed by atoms with Crippen LogP contribution in [-0.4, -0.2) is 26.9 Å². The van der Waals surface area contributed by atoms with E-state index in [1.54, 1.807) is 24.3 Å². The molecule has 0 radical (unpaired) electrons. The van der Waals surface area contributed by atoms with Gasteiger partial charge >= 0.3 is 0 Å². The highest BCUT2D eigenvalue weighted by atomic mass is 32.2. The van der Waals surface area contributed by atoms with Crippen LogP contribution in [0.3, 0.4) is 0 Å². The standard InChI is InChI=1S/C13H17NO4S/c1-13(2,7-8-17-19(3,15)16)18-12-6-4-5-11(9-12)10-14/h4-6,9H,7-8H2,1-3H3. The van der Waals surface area contributed by atoms with Crippen molar-refractivity contribution in [1.29, 1.82) is 5.26 Å². The minimum absolute atomic E-state index is 0.0593. The van der Waals surface area contributed by atoms with E-state index in [1.165, 1.54) is 0 Å². The van der Waals surface area contributed by atoms with Crippen LogP contribution in [0, 0.1) is 11.3 Å².